The molecule has 0 spiro atoms. The van der Waals surface area contributed by atoms with Crippen LogP contribution in [0, 0.1) is 0 Å². The molecule has 0 bridgehead atoms. The number of anilines is 1. The molecule has 2 saturated heterocycles. The number of likely N-dealkylation sites (tertiary alicyclic amines) is 1. The number of hydrogen-bond donors (Lipinski definition) is 2. The molecule has 0 radical (unpaired) electrons. The number of pyridine rings is 1. The first-order chi connectivity index (χ1) is 16.7. The lowest BCUT2D eigenvalue weighted by molar-refractivity contribution is -0.145. The van der Waals surface area contributed by atoms with E-state index in [0.717, 1.165) is 55.2 Å². The highest BCUT2D eigenvalue weighted by Gasteiger charge is 2.37. The Balaban J connectivity index is 1.23. The first kappa shape index (κ1) is 23.3. The topological polar surface area (TPSA) is 98.6 Å². The highest BCUT2D eigenvalue weighted by molar-refractivity contribution is 5.92. The van der Waals surface area contributed by atoms with E-state index in [2.05, 4.69) is 30.1 Å². The normalized spacial score (nSPS) is 20.0. The van der Waals surface area contributed by atoms with E-state index >= 15 is 0 Å². The Morgan fingerprint density at radius 2 is 1.89 bits per heavy atom. The smallest absolute Gasteiger partial charge is 0.370 e. The number of aromatic amines is 1. The molecular weight excluding hydrogens is 463 g/mol. The predicted octanol–water partition coefficient (Wildman–Crippen LogP) is 2.25. The highest BCUT2D eigenvalue weighted by atomic mass is 19.4. The van der Waals surface area contributed by atoms with E-state index in [4.69, 9.17) is 0 Å². The predicted molar refractivity (Wildman–Crippen MR) is 123 cm³/mol. The van der Waals surface area contributed by atoms with Gasteiger partial charge in [-0.2, -0.15) is 13.2 Å². The fourth-order valence-electron chi connectivity index (χ4n) is 5.14. The summed E-state index contributed by atoms with van der Waals surface area (Å²) in [5, 5.41) is 2.56. The molecule has 5 heterocycles. The summed E-state index contributed by atoms with van der Waals surface area (Å²) in [4.78, 5) is 39.1. The third-order valence-electron chi connectivity index (χ3n) is 7.02. The number of piperidine rings is 1. The van der Waals surface area contributed by atoms with Crippen molar-refractivity contribution in [2.45, 2.75) is 37.4 Å². The number of nitrogens with zero attached hydrogens (tertiary/aromatic N) is 5. The molecule has 0 aliphatic carbocycles. The molecule has 186 valence electrons. The Morgan fingerprint density at radius 1 is 1.11 bits per heavy atom. The number of aromatic nitrogens is 4. The van der Waals surface area contributed by atoms with Crippen LogP contribution < -0.4 is 15.8 Å². The average molecular weight is 490 g/mol. The number of fused-ring (bicyclic) bond motifs is 1. The number of halogens is 3. The van der Waals surface area contributed by atoms with Crippen molar-refractivity contribution in [3.8, 4) is 0 Å². The van der Waals surface area contributed by atoms with E-state index in [1.165, 1.54) is 6.20 Å². The van der Waals surface area contributed by atoms with Gasteiger partial charge in [-0.15, -0.1) is 0 Å². The molecule has 3 aromatic rings. The minimum atomic E-state index is -4.63. The van der Waals surface area contributed by atoms with Crippen LogP contribution >= 0.6 is 0 Å². The second-order valence-electron chi connectivity index (χ2n) is 9.05. The molecule has 2 N–H and O–H groups in total. The van der Waals surface area contributed by atoms with Crippen molar-refractivity contribution in [1.82, 2.24) is 29.6 Å². The summed E-state index contributed by atoms with van der Waals surface area (Å²) in [6.07, 6.45) is 2.07. The summed E-state index contributed by atoms with van der Waals surface area (Å²) in [5.74, 6) is -1.35. The van der Waals surface area contributed by atoms with Gasteiger partial charge in [-0.25, -0.2) is 9.97 Å². The van der Waals surface area contributed by atoms with Gasteiger partial charge in [-0.05, 0) is 37.9 Å². The van der Waals surface area contributed by atoms with Crippen LogP contribution in [0.25, 0.3) is 5.52 Å². The van der Waals surface area contributed by atoms with Crippen molar-refractivity contribution in [3.05, 3.63) is 58.3 Å². The number of alkyl halides is 3. The molecule has 35 heavy (non-hydrogen) atoms. The second-order valence-corrected chi connectivity index (χ2v) is 9.05. The Bertz CT molecular complexity index is 1280. The lowest BCUT2D eigenvalue weighted by atomic mass is 10.0. The van der Waals surface area contributed by atoms with Crippen molar-refractivity contribution < 1.29 is 18.0 Å². The average Bonchev–Trinajstić information content (AvgIpc) is 3.52. The molecule has 2 fully saturated rings. The zero-order chi connectivity index (χ0) is 24.7. The van der Waals surface area contributed by atoms with Crippen LogP contribution in [0.1, 0.15) is 47.2 Å². The molecule has 2 aliphatic heterocycles. The fourth-order valence-corrected chi connectivity index (χ4v) is 5.14. The molecule has 3 aromatic heterocycles. The number of hydrogen-bond acceptors (Lipinski definition) is 6. The van der Waals surface area contributed by atoms with E-state index in [1.807, 2.05) is 6.07 Å². The van der Waals surface area contributed by atoms with Crippen molar-refractivity contribution in [3.63, 3.8) is 0 Å². The van der Waals surface area contributed by atoms with E-state index in [1.54, 1.807) is 19.3 Å². The van der Waals surface area contributed by atoms with Gasteiger partial charge in [0.25, 0.3) is 11.5 Å². The number of H-pyrrole nitrogens is 1. The number of rotatable bonds is 4. The largest absolute Gasteiger partial charge is 0.450 e. The Labute approximate surface area is 199 Å². The molecule has 0 saturated carbocycles. The quantitative estimate of drug-likeness (QED) is 0.584. The summed E-state index contributed by atoms with van der Waals surface area (Å²) in [6, 6.07) is 3.98. The number of imidazole rings is 1. The van der Waals surface area contributed by atoms with Gasteiger partial charge in [0.05, 0.1) is 18.1 Å². The summed E-state index contributed by atoms with van der Waals surface area (Å²) in [6.45, 7) is 3.21. The van der Waals surface area contributed by atoms with E-state index in [0.29, 0.717) is 24.0 Å². The van der Waals surface area contributed by atoms with Crippen molar-refractivity contribution in [2.24, 2.45) is 0 Å². The molecule has 5 rings (SSSR count). The Hall–Kier alpha value is -3.41. The van der Waals surface area contributed by atoms with Crippen LogP contribution in [-0.2, 0) is 6.18 Å². The molecular formula is C23H26F3N7O2. The van der Waals surface area contributed by atoms with Gasteiger partial charge >= 0.3 is 6.18 Å². The first-order valence-corrected chi connectivity index (χ1v) is 11.6. The third-order valence-corrected chi connectivity index (χ3v) is 7.02. The van der Waals surface area contributed by atoms with Gasteiger partial charge in [0.1, 0.15) is 11.2 Å². The van der Waals surface area contributed by atoms with Crippen LogP contribution in [0.2, 0.25) is 0 Å². The maximum atomic E-state index is 13.3. The van der Waals surface area contributed by atoms with Crippen molar-refractivity contribution in [2.75, 3.05) is 38.1 Å². The minimum Gasteiger partial charge on any atom is -0.370 e. The summed E-state index contributed by atoms with van der Waals surface area (Å²) < 4.78 is 40.7. The maximum absolute atomic E-state index is 13.3. The van der Waals surface area contributed by atoms with Crippen LogP contribution in [0.3, 0.4) is 0 Å². The lowest BCUT2D eigenvalue weighted by Crippen LogP contribution is -2.44. The zero-order valence-electron chi connectivity index (χ0n) is 19.2. The van der Waals surface area contributed by atoms with Crippen LogP contribution in [-0.4, -0.2) is 69.4 Å². The first-order valence-electron chi connectivity index (χ1n) is 11.6. The summed E-state index contributed by atoms with van der Waals surface area (Å²) in [7, 11) is 1.57. The molecule has 9 nitrogen and oxygen atoms in total. The lowest BCUT2D eigenvalue weighted by Gasteiger charge is -2.37. The van der Waals surface area contributed by atoms with Gasteiger partial charge < -0.3 is 15.2 Å². The second kappa shape index (κ2) is 8.99. The Kier molecular flexibility index (Phi) is 5.99. The monoisotopic (exact) mass is 489 g/mol. The zero-order valence-corrected chi connectivity index (χ0v) is 19.2. The number of carbonyl (C=O) groups excluding carboxylic acids is 1. The van der Waals surface area contributed by atoms with Crippen molar-refractivity contribution >= 4 is 17.1 Å². The number of carbonyl (C=O) groups is 1. The minimum absolute atomic E-state index is 0.0462. The van der Waals surface area contributed by atoms with Crippen molar-refractivity contribution in [1.29, 1.82) is 0 Å². The van der Waals surface area contributed by atoms with Gasteiger partial charge in [0.15, 0.2) is 0 Å². The molecule has 1 atom stereocenters. The van der Waals surface area contributed by atoms with Gasteiger partial charge in [0.2, 0.25) is 5.82 Å². The summed E-state index contributed by atoms with van der Waals surface area (Å²) in [5.41, 5.74) is 1.19. The molecule has 2 aliphatic rings. The third kappa shape index (κ3) is 4.49. The maximum Gasteiger partial charge on any atom is 0.450 e. The van der Waals surface area contributed by atoms with E-state index in [-0.39, 0.29) is 17.3 Å². The van der Waals surface area contributed by atoms with Gasteiger partial charge in [0, 0.05) is 50.5 Å². The number of amides is 1. The number of nitrogens with one attached hydrogen (secondary N) is 2. The van der Waals surface area contributed by atoms with E-state index < -0.39 is 17.6 Å². The fraction of sp³-hybridized carbons (Fsp3) is 0.478. The van der Waals surface area contributed by atoms with E-state index in [9.17, 15) is 22.8 Å². The molecule has 12 heteroatoms. The van der Waals surface area contributed by atoms with Crippen LogP contribution in [0.5, 0.6) is 0 Å². The SMILES string of the molecule is CNC(=O)c1ccc(N2CCC(N3CCC(c4cn5c(C(F)(F)F)ncc5c(=O)[nH]4)C3)CC2)cn1. The summed E-state index contributed by atoms with van der Waals surface area (Å²) >= 11 is 0. The molecule has 1 unspecified atom stereocenters. The Morgan fingerprint density at radius 3 is 2.54 bits per heavy atom. The van der Waals surface area contributed by atoms with Crippen LogP contribution in [0.4, 0.5) is 18.9 Å². The van der Waals surface area contributed by atoms with Gasteiger partial charge in [-0.1, -0.05) is 0 Å². The highest BCUT2D eigenvalue weighted by Crippen LogP contribution is 2.32. The molecule has 1 amide bonds. The van der Waals surface area contributed by atoms with Gasteiger partial charge in [-0.3, -0.25) is 18.9 Å². The van der Waals surface area contributed by atoms with Crippen LogP contribution in [0.15, 0.2) is 35.5 Å². The molecule has 0 aromatic carbocycles. The standard InChI is InChI=1S/C23H26F3N7O2/c1-27-20(34)17-3-2-16(10-28-17)31-8-5-15(6-9-31)32-7-4-14(12-32)18-13-33-19(21(35)30-18)11-29-22(33)23(24,25)26/h2-3,10-11,13-15H,4-9,12H2,1H3,(H,27,34)(H,30,35).